The van der Waals surface area contributed by atoms with Gasteiger partial charge < -0.3 is 5.73 Å². The summed E-state index contributed by atoms with van der Waals surface area (Å²) in [5.41, 5.74) is 7.36. The highest BCUT2D eigenvalue weighted by Gasteiger charge is 2.08. The predicted octanol–water partition coefficient (Wildman–Crippen LogP) is 4.47. The first-order valence-corrected chi connectivity index (χ1v) is 8.47. The van der Waals surface area contributed by atoms with Crippen molar-refractivity contribution in [3.63, 3.8) is 0 Å². The summed E-state index contributed by atoms with van der Waals surface area (Å²) >= 11 is 0. The molecule has 0 aliphatic carbocycles. The lowest BCUT2D eigenvalue weighted by molar-refractivity contribution is 0.468. The standard InChI is InChI=1S/C17H33N3/c1-4-6-7-8-9-10-11-16(18)14-17-12-13-20(19-17)15(3)5-2/h12-13,15-16H,4-11,14,18H2,1-3H3. The van der Waals surface area contributed by atoms with Crippen molar-refractivity contribution in [2.24, 2.45) is 5.73 Å². The third kappa shape index (κ3) is 6.56. The Balaban J connectivity index is 2.18. The maximum atomic E-state index is 6.22. The van der Waals surface area contributed by atoms with E-state index in [1.165, 1.54) is 38.5 Å². The van der Waals surface area contributed by atoms with Gasteiger partial charge in [0.2, 0.25) is 0 Å². The van der Waals surface area contributed by atoms with Gasteiger partial charge in [-0.05, 0) is 25.8 Å². The van der Waals surface area contributed by atoms with E-state index >= 15 is 0 Å². The van der Waals surface area contributed by atoms with Gasteiger partial charge in [0.1, 0.15) is 0 Å². The first-order valence-electron chi connectivity index (χ1n) is 8.47. The van der Waals surface area contributed by atoms with Crippen molar-refractivity contribution < 1.29 is 0 Å². The minimum Gasteiger partial charge on any atom is -0.327 e. The summed E-state index contributed by atoms with van der Waals surface area (Å²) in [5.74, 6) is 0. The van der Waals surface area contributed by atoms with E-state index in [0.717, 1.165) is 25.0 Å². The minimum absolute atomic E-state index is 0.265. The molecule has 0 saturated carbocycles. The Morgan fingerprint density at radius 2 is 1.85 bits per heavy atom. The van der Waals surface area contributed by atoms with Crippen LogP contribution >= 0.6 is 0 Å². The molecule has 1 aromatic rings. The molecule has 1 heterocycles. The van der Waals surface area contributed by atoms with E-state index in [4.69, 9.17) is 5.73 Å². The zero-order chi connectivity index (χ0) is 14.8. The number of hydrogen-bond acceptors (Lipinski definition) is 2. The molecule has 116 valence electrons. The minimum atomic E-state index is 0.265. The maximum Gasteiger partial charge on any atom is 0.0640 e. The fourth-order valence-corrected chi connectivity index (χ4v) is 2.48. The summed E-state index contributed by atoms with van der Waals surface area (Å²) in [7, 11) is 0. The van der Waals surface area contributed by atoms with E-state index in [9.17, 15) is 0 Å². The van der Waals surface area contributed by atoms with Gasteiger partial charge >= 0.3 is 0 Å². The van der Waals surface area contributed by atoms with Crippen molar-refractivity contribution in [3.8, 4) is 0 Å². The van der Waals surface area contributed by atoms with Gasteiger partial charge in [-0.2, -0.15) is 5.10 Å². The van der Waals surface area contributed by atoms with E-state index in [-0.39, 0.29) is 6.04 Å². The Labute approximate surface area is 124 Å². The second kappa shape index (κ2) is 9.98. The molecule has 0 spiro atoms. The van der Waals surface area contributed by atoms with Gasteiger partial charge in [0, 0.05) is 24.7 Å². The second-order valence-electron chi connectivity index (χ2n) is 6.07. The summed E-state index contributed by atoms with van der Waals surface area (Å²) in [6.45, 7) is 6.65. The first kappa shape index (κ1) is 17.2. The Kier molecular flexibility index (Phi) is 8.59. The number of aromatic nitrogens is 2. The highest BCUT2D eigenvalue weighted by molar-refractivity contribution is 5.01. The fourth-order valence-electron chi connectivity index (χ4n) is 2.48. The molecule has 2 unspecified atom stereocenters. The van der Waals surface area contributed by atoms with Gasteiger partial charge in [0.05, 0.1) is 5.69 Å². The van der Waals surface area contributed by atoms with E-state index < -0.39 is 0 Å². The molecule has 0 amide bonds. The SMILES string of the molecule is CCCCCCCCC(N)Cc1ccn(C(C)CC)n1. The molecule has 3 nitrogen and oxygen atoms in total. The number of nitrogens with zero attached hydrogens (tertiary/aromatic N) is 2. The molecule has 3 heteroatoms. The van der Waals surface area contributed by atoms with E-state index in [0.29, 0.717) is 6.04 Å². The van der Waals surface area contributed by atoms with Crippen LogP contribution in [0.1, 0.15) is 83.9 Å². The van der Waals surface area contributed by atoms with Gasteiger partial charge in [0.15, 0.2) is 0 Å². The molecular formula is C17H33N3. The van der Waals surface area contributed by atoms with Crippen molar-refractivity contribution in [2.45, 2.75) is 90.6 Å². The van der Waals surface area contributed by atoms with Crippen LogP contribution in [0.15, 0.2) is 12.3 Å². The van der Waals surface area contributed by atoms with Crippen LogP contribution in [0.4, 0.5) is 0 Å². The predicted molar refractivity (Wildman–Crippen MR) is 86.9 cm³/mol. The molecule has 0 fully saturated rings. The van der Waals surface area contributed by atoms with Crippen LogP contribution in [-0.4, -0.2) is 15.8 Å². The van der Waals surface area contributed by atoms with Crippen molar-refractivity contribution in [2.75, 3.05) is 0 Å². The fraction of sp³-hybridized carbons (Fsp3) is 0.824. The third-order valence-electron chi connectivity index (χ3n) is 4.11. The smallest absolute Gasteiger partial charge is 0.0640 e. The van der Waals surface area contributed by atoms with Gasteiger partial charge in [0.25, 0.3) is 0 Å². The van der Waals surface area contributed by atoms with Crippen molar-refractivity contribution in [1.29, 1.82) is 0 Å². The average Bonchev–Trinajstić information content (AvgIpc) is 2.90. The third-order valence-corrected chi connectivity index (χ3v) is 4.11. The Hall–Kier alpha value is -0.830. The summed E-state index contributed by atoms with van der Waals surface area (Å²) in [4.78, 5) is 0. The Bertz CT molecular complexity index is 346. The van der Waals surface area contributed by atoms with Crippen molar-refractivity contribution >= 4 is 0 Å². The van der Waals surface area contributed by atoms with Gasteiger partial charge in [-0.25, -0.2) is 0 Å². The molecule has 1 aromatic heterocycles. The van der Waals surface area contributed by atoms with Crippen LogP contribution in [-0.2, 0) is 6.42 Å². The zero-order valence-electron chi connectivity index (χ0n) is 13.6. The number of hydrogen-bond donors (Lipinski definition) is 1. The maximum absolute atomic E-state index is 6.22. The normalized spacial score (nSPS) is 14.4. The Morgan fingerprint density at radius 3 is 2.55 bits per heavy atom. The second-order valence-corrected chi connectivity index (χ2v) is 6.07. The number of unbranched alkanes of at least 4 members (excludes halogenated alkanes) is 5. The molecule has 2 atom stereocenters. The van der Waals surface area contributed by atoms with Gasteiger partial charge in [-0.15, -0.1) is 0 Å². The van der Waals surface area contributed by atoms with E-state index in [1.54, 1.807) is 0 Å². The number of rotatable bonds is 11. The summed E-state index contributed by atoms with van der Waals surface area (Å²) < 4.78 is 2.06. The van der Waals surface area contributed by atoms with Crippen LogP contribution in [0.25, 0.3) is 0 Å². The molecule has 20 heavy (non-hydrogen) atoms. The first-order chi connectivity index (χ1) is 9.67. The van der Waals surface area contributed by atoms with Gasteiger partial charge in [-0.3, -0.25) is 4.68 Å². The van der Waals surface area contributed by atoms with Crippen LogP contribution < -0.4 is 5.73 Å². The lowest BCUT2D eigenvalue weighted by Gasteiger charge is -2.11. The summed E-state index contributed by atoms with van der Waals surface area (Å²) in [5, 5.41) is 4.63. The molecule has 0 saturated heterocycles. The van der Waals surface area contributed by atoms with Crippen LogP contribution in [0, 0.1) is 0 Å². The van der Waals surface area contributed by atoms with Crippen LogP contribution in [0.3, 0.4) is 0 Å². The number of nitrogens with two attached hydrogens (primary N) is 1. The zero-order valence-corrected chi connectivity index (χ0v) is 13.6. The highest BCUT2D eigenvalue weighted by atomic mass is 15.3. The molecule has 2 N–H and O–H groups in total. The quantitative estimate of drug-likeness (QED) is 0.607. The Morgan fingerprint density at radius 1 is 1.15 bits per heavy atom. The summed E-state index contributed by atoms with van der Waals surface area (Å²) in [6.07, 6.45) is 13.3. The van der Waals surface area contributed by atoms with Crippen molar-refractivity contribution in [3.05, 3.63) is 18.0 Å². The monoisotopic (exact) mass is 279 g/mol. The molecule has 0 aromatic carbocycles. The lowest BCUT2D eigenvalue weighted by atomic mass is 10.0. The molecule has 0 aliphatic rings. The topological polar surface area (TPSA) is 43.8 Å². The van der Waals surface area contributed by atoms with E-state index in [2.05, 4.69) is 42.8 Å². The lowest BCUT2D eigenvalue weighted by Crippen LogP contribution is -2.23. The molecule has 0 bridgehead atoms. The van der Waals surface area contributed by atoms with E-state index in [1.807, 2.05) is 0 Å². The van der Waals surface area contributed by atoms with Gasteiger partial charge in [-0.1, -0.05) is 52.4 Å². The van der Waals surface area contributed by atoms with Crippen LogP contribution in [0.5, 0.6) is 0 Å². The highest BCUT2D eigenvalue weighted by Crippen LogP contribution is 2.12. The molecule has 0 radical (unpaired) electrons. The largest absolute Gasteiger partial charge is 0.327 e. The average molecular weight is 279 g/mol. The summed E-state index contributed by atoms with van der Waals surface area (Å²) in [6, 6.07) is 2.87. The van der Waals surface area contributed by atoms with Crippen LogP contribution in [0.2, 0.25) is 0 Å². The van der Waals surface area contributed by atoms with Crippen molar-refractivity contribution in [1.82, 2.24) is 9.78 Å². The molecular weight excluding hydrogens is 246 g/mol. The molecule has 1 rings (SSSR count). The molecule has 0 aliphatic heterocycles.